The normalized spacial score (nSPS) is 22.4. The van der Waals surface area contributed by atoms with Gasteiger partial charge in [0.1, 0.15) is 0 Å². The van der Waals surface area contributed by atoms with E-state index in [4.69, 9.17) is 0 Å². The summed E-state index contributed by atoms with van der Waals surface area (Å²) >= 11 is 0. The van der Waals surface area contributed by atoms with Crippen molar-refractivity contribution in [2.75, 3.05) is 26.2 Å². The summed E-state index contributed by atoms with van der Waals surface area (Å²) in [5.74, 6) is 6.66. The topological polar surface area (TPSA) is 56.7 Å². The van der Waals surface area contributed by atoms with Gasteiger partial charge < -0.3 is 10.0 Å². The van der Waals surface area contributed by atoms with Gasteiger partial charge in [-0.25, -0.2) is 0 Å². The second-order valence-corrected chi connectivity index (χ2v) is 9.02. The van der Waals surface area contributed by atoms with E-state index >= 15 is 0 Å². The number of benzene rings is 2. The van der Waals surface area contributed by atoms with Gasteiger partial charge in [-0.3, -0.25) is 14.7 Å². The number of carbonyl (C=O) groups excluding carboxylic acids is 1. The molecule has 0 radical (unpaired) electrons. The van der Waals surface area contributed by atoms with Crippen LogP contribution in [0, 0.1) is 11.8 Å². The van der Waals surface area contributed by atoms with Crippen LogP contribution in [0.3, 0.4) is 0 Å². The predicted octanol–water partition coefficient (Wildman–Crippen LogP) is 3.55. The molecular weight excluding hydrogens is 422 g/mol. The minimum absolute atomic E-state index is 0.0349. The first-order valence-corrected chi connectivity index (χ1v) is 12.0. The van der Waals surface area contributed by atoms with Crippen molar-refractivity contribution in [2.24, 2.45) is 0 Å². The van der Waals surface area contributed by atoms with Crippen molar-refractivity contribution in [1.82, 2.24) is 14.8 Å². The fourth-order valence-electron chi connectivity index (χ4n) is 5.25. The van der Waals surface area contributed by atoms with Crippen molar-refractivity contribution >= 4 is 5.91 Å². The van der Waals surface area contributed by atoms with Crippen molar-refractivity contribution in [2.45, 2.75) is 30.8 Å². The number of rotatable bonds is 3. The maximum atomic E-state index is 13.2. The number of aliphatic hydroxyl groups is 1. The molecule has 2 aliphatic heterocycles. The third-order valence-corrected chi connectivity index (χ3v) is 6.99. The van der Waals surface area contributed by atoms with E-state index in [1.54, 1.807) is 18.5 Å². The Bertz CT molecular complexity index is 1170. The Hall–Kier alpha value is -3.46. The smallest absolute Gasteiger partial charge is 0.255 e. The highest BCUT2D eigenvalue weighted by Crippen LogP contribution is 2.42. The molecule has 3 heterocycles. The fraction of sp³-hybridized carbons (Fsp3) is 0.310. The summed E-state index contributed by atoms with van der Waals surface area (Å²) in [7, 11) is 0. The van der Waals surface area contributed by atoms with E-state index in [1.807, 2.05) is 41.3 Å². The number of carbonyl (C=O) groups is 1. The van der Waals surface area contributed by atoms with Gasteiger partial charge in [0.05, 0.1) is 12.2 Å². The van der Waals surface area contributed by atoms with Gasteiger partial charge in [0, 0.05) is 54.6 Å². The molecule has 1 aromatic heterocycles. The molecule has 34 heavy (non-hydrogen) atoms. The number of aliphatic hydroxyl groups excluding tert-OH is 1. The molecule has 2 fully saturated rings. The Morgan fingerprint density at radius 3 is 2.38 bits per heavy atom. The van der Waals surface area contributed by atoms with Gasteiger partial charge in [-0.2, -0.15) is 0 Å². The molecule has 3 atom stereocenters. The van der Waals surface area contributed by atoms with Crippen LogP contribution in [0.15, 0.2) is 79.1 Å². The van der Waals surface area contributed by atoms with Gasteiger partial charge in [-0.1, -0.05) is 42.2 Å². The number of hydrogen-bond acceptors (Lipinski definition) is 4. The van der Waals surface area contributed by atoms with Gasteiger partial charge in [0.25, 0.3) is 5.91 Å². The molecule has 1 N–H and O–H groups in total. The Morgan fingerprint density at radius 1 is 0.941 bits per heavy atom. The van der Waals surface area contributed by atoms with E-state index < -0.39 is 0 Å². The maximum absolute atomic E-state index is 13.2. The molecule has 3 aromatic rings. The molecule has 0 aliphatic carbocycles. The highest BCUT2D eigenvalue weighted by Gasteiger charge is 2.49. The van der Waals surface area contributed by atoms with Crippen molar-refractivity contribution in [3.05, 3.63) is 101 Å². The molecule has 2 aliphatic rings. The molecule has 5 nitrogen and oxygen atoms in total. The summed E-state index contributed by atoms with van der Waals surface area (Å²) < 4.78 is 0. The predicted molar refractivity (Wildman–Crippen MR) is 132 cm³/mol. The van der Waals surface area contributed by atoms with Crippen molar-refractivity contribution in [3.8, 4) is 11.8 Å². The molecule has 0 bridgehead atoms. The van der Waals surface area contributed by atoms with E-state index in [0.717, 1.165) is 37.1 Å². The van der Waals surface area contributed by atoms with E-state index in [2.05, 4.69) is 46.0 Å². The third-order valence-electron chi connectivity index (χ3n) is 6.99. The van der Waals surface area contributed by atoms with E-state index in [1.165, 1.54) is 5.56 Å². The number of hydrogen-bond donors (Lipinski definition) is 1. The Morgan fingerprint density at radius 2 is 1.68 bits per heavy atom. The molecule has 172 valence electrons. The van der Waals surface area contributed by atoms with Gasteiger partial charge in [-0.05, 0) is 61.3 Å². The van der Waals surface area contributed by atoms with E-state index in [0.29, 0.717) is 12.1 Å². The Labute approximate surface area is 201 Å². The molecule has 0 spiro atoms. The molecule has 2 saturated heterocycles. The third kappa shape index (κ3) is 4.61. The van der Waals surface area contributed by atoms with Crippen LogP contribution in [-0.4, -0.2) is 64.1 Å². The van der Waals surface area contributed by atoms with E-state index in [9.17, 15) is 9.90 Å². The lowest BCUT2D eigenvalue weighted by Gasteiger charge is -2.57. The van der Waals surface area contributed by atoms with Gasteiger partial charge in [0.15, 0.2) is 0 Å². The Kier molecular flexibility index (Phi) is 6.71. The molecular formula is C29H29N3O2. The standard InChI is InChI=1S/C29H29N3O2/c33-21-27-28(24-14-12-23(13-15-24)11-10-22-7-2-1-3-8-22)26-20-31(17-4-5-18-32(26)27)29(34)25-9-6-16-30-19-25/h1-3,6-9,12-16,19,26-28,33H,4-5,17-18,20-21H2/t26-,27+,28+/m1/s1. The van der Waals surface area contributed by atoms with Crippen molar-refractivity contribution in [3.63, 3.8) is 0 Å². The molecule has 0 saturated carbocycles. The quantitative estimate of drug-likeness (QED) is 0.619. The second-order valence-electron chi connectivity index (χ2n) is 9.02. The van der Waals surface area contributed by atoms with Crippen LogP contribution in [0.4, 0.5) is 0 Å². The number of nitrogens with zero attached hydrogens (tertiary/aromatic N) is 3. The molecule has 2 aromatic carbocycles. The monoisotopic (exact) mass is 451 g/mol. The summed E-state index contributed by atoms with van der Waals surface area (Å²) in [6.07, 6.45) is 5.31. The first kappa shape index (κ1) is 22.3. The number of pyridine rings is 1. The average Bonchev–Trinajstić information content (AvgIpc) is 2.88. The summed E-state index contributed by atoms with van der Waals surface area (Å²) in [5.41, 5.74) is 3.79. The number of aromatic nitrogens is 1. The van der Waals surface area contributed by atoms with Crippen LogP contribution in [0.25, 0.3) is 0 Å². The summed E-state index contributed by atoms with van der Waals surface area (Å²) in [4.78, 5) is 21.6. The summed E-state index contributed by atoms with van der Waals surface area (Å²) in [5, 5.41) is 10.2. The zero-order valence-electron chi connectivity index (χ0n) is 19.2. The SMILES string of the molecule is O=C(c1cccnc1)N1CCCCN2[C@H](C1)[C@H](c1ccc(C#Cc3ccccc3)cc1)[C@@H]2CO. The first-order chi connectivity index (χ1) is 16.7. The van der Waals surface area contributed by atoms with Crippen molar-refractivity contribution < 1.29 is 9.90 Å². The largest absolute Gasteiger partial charge is 0.395 e. The average molecular weight is 452 g/mol. The lowest BCUT2D eigenvalue weighted by atomic mass is 9.74. The first-order valence-electron chi connectivity index (χ1n) is 12.0. The zero-order valence-corrected chi connectivity index (χ0v) is 19.2. The maximum Gasteiger partial charge on any atom is 0.255 e. The summed E-state index contributed by atoms with van der Waals surface area (Å²) in [6, 6.07) is 22.3. The lowest BCUT2D eigenvalue weighted by Crippen LogP contribution is -2.67. The Balaban J connectivity index is 1.35. The van der Waals surface area contributed by atoms with Crippen LogP contribution >= 0.6 is 0 Å². The van der Waals surface area contributed by atoms with Crippen LogP contribution < -0.4 is 0 Å². The molecule has 0 unspecified atom stereocenters. The number of fused-ring (bicyclic) bond motifs is 1. The highest BCUT2D eigenvalue weighted by molar-refractivity contribution is 5.93. The molecule has 1 amide bonds. The van der Waals surface area contributed by atoms with Crippen LogP contribution in [0.5, 0.6) is 0 Å². The van der Waals surface area contributed by atoms with Gasteiger partial charge >= 0.3 is 0 Å². The minimum atomic E-state index is 0.0349. The zero-order chi connectivity index (χ0) is 23.3. The van der Waals surface area contributed by atoms with Gasteiger partial charge in [-0.15, -0.1) is 0 Å². The highest BCUT2D eigenvalue weighted by atomic mass is 16.3. The number of amides is 1. The molecule has 5 rings (SSSR count). The minimum Gasteiger partial charge on any atom is -0.395 e. The van der Waals surface area contributed by atoms with Crippen LogP contribution in [0.2, 0.25) is 0 Å². The lowest BCUT2D eigenvalue weighted by molar-refractivity contribution is -0.0606. The molecule has 5 heteroatoms. The van der Waals surface area contributed by atoms with Gasteiger partial charge in [0.2, 0.25) is 0 Å². The second kappa shape index (κ2) is 10.2. The fourth-order valence-corrected chi connectivity index (χ4v) is 5.25. The van der Waals surface area contributed by atoms with E-state index in [-0.39, 0.29) is 30.5 Å². The van der Waals surface area contributed by atoms with Crippen LogP contribution in [-0.2, 0) is 0 Å². The summed E-state index contributed by atoms with van der Waals surface area (Å²) in [6.45, 7) is 2.49. The van der Waals surface area contributed by atoms with Crippen molar-refractivity contribution in [1.29, 1.82) is 0 Å². The van der Waals surface area contributed by atoms with Crippen LogP contribution in [0.1, 0.15) is 45.8 Å².